The summed E-state index contributed by atoms with van der Waals surface area (Å²) in [5.74, 6) is -2.46. The number of ether oxygens (including phenoxy) is 2. The van der Waals surface area contributed by atoms with E-state index in [2.05, 4.69) is 9.47 Å². The second kappa shape index (κ2) is 7.81. The largest absolute Gasteiger partial charge is 0.481 e. The first-order chi connectivity index (χ1) is 6.88. The highest BCUT2D eigenvalue weighted by Gasteiger charge is 2.25. The van der Waals surface area contributed by atoms with Crippen molar-refractivity contribution in [3.63, 3.8) is 0 Å². The van der Waals surface area contributed by atoms with E-state index in [4.69, 9.17) is 5.11 Å². The van der Waals surface area contributed by atoms with Crippen LogP contribution in [0.4, 0.5) is 0 Å². The average Bonchev–Trinajstić information content (AvgIpc) is 2.14. The highest BCUT2D eigenvalue weighted by molar-refractivity contribution is 5.87. The van der Waals surface area contributed by atoms with Gasteiger partial charge in [-0.15, -0.1) is 0 Å². The zero-order valence-corrected chi connectivity index (χ0v) is 8.85. The number of rotatable bonds is 6. The predicted octanol–water partition coefficient (Wildman–Crippen LogP) is 0.879. The molecule has 0 radical (unpaired) electrons. The number of carbonyl (C=O) groups is 3. The van der Waals surface area contributed by atoms with Crippen molar-refractivity contribution in [1.29, 1.82) is 0 Å². The molecule has 0 aromatic heterocycles. The third-order valence-corrected chi connectivity index (χ3v) is 1.76. The minimum absolute atomic E-state index is 0. The van der Waals surface area contributed by atoms with E-state index >= 15 is 0 Å². The molecule has 2 unspecified atom stereocenters. The van der Waals surface area contributed by atoms with Gasteiger partial charge in [-0.3, -0.25) is 9.59 Å². The zero-order valence-electron chi connectivity index (χ0n) is 8.85. The number of ketones is 1. The van der Waals surface area contributed by atoms with Crippen LogP contribution < -0.4 is 0 Å². The Labute approximate surface area is 96.0 Å². The van der Waals surface area contributed by atoms with E-state index in [1.165, 1.54) is 21.0 Å². The van der Waals surface area contributed by atoms with Crippen LogP contribution in [0.15, 0.2) is 0 Å². The summed E-state index contributed by atoms with van der Waals surface area (Å²) < 4.78 is 9.35. The number of carboxylic acid groups (broad SMARTS) is 1. The standard InChI is InChI=1S/C9H14O6.CH4.H2/c1-5(10)7(4-8(11)12)15-9(13)6(2)14-3;;/h6-7H,4H2,1-3H3,(H,11,12);1H4;1H/i;;1+1. The Kier molecular flexibility index (Phi) is 8.29. The summed E-state index contributed by atoms with van der Waals surface area (Å²) in [4.78, 5) is 32.5. The van der Waals surface area contributed by atoms with Gasteiger partial charge in [-0.2, -0.15) is 0 Å². The Balaban J connectivity index is -0.000000980. The predicted molar refractivity (Wildman–Crippen MR) is 58.1 cm³/mol. The Morgan fingerprint density at radius 3 is 2.19 bits per heavy atom. The lowest BCUT2D eigenvalue weighted by molar-refractivity contribution is -0.165. The molecule has 0 saturated carbocycles. The number of methoxy groups -OCH3 is 1. The number of esters is 1. The van der Waals surface area contributed by atoms with E-state index in [-0.39, 0.29) is 8.85 Å². The molecular formula is C10H20O6. The van der Waals surface area contributed by atoms with Crippen LogP contribution in [-0.2, 0) is 23.9 Å². The fraction of sp³-hybridized carbons (Fsp3) is 0.700. The van der Waals surface area contributed by atoms with E-state index in [9.17, 15) is 14.4 Å². The van der Waals surface area contributed by atoms with Gasteiger partial charge in [-0.25, -0.2) is 4.79 Å². The molecule has 0 aliphatic rings. The quantitative estimate of drug-likeness (QED) is 0.690. The van der Waals surface area contributed by atoms with Gasteiger partial charge in [0.05, 0.1) is 6.42 Å². The van der Waals surface area contributed by atoms with Crippen LogP contribution in [0.3, 0.4) is 0 Å². The third-order valence-electron chi connectivity index (χ3n) is 1.76. The summed E-state index contributed by atoms with van der Waals surface area (Å²) in [6.45, 7) is 2.61. The molecule has 0 spiro atoms. The van der Waals surface area contributed by atoms with Crippen LogP contribution in [0, 0.1) is 0 Å². The lowest BCUT2D eigenvalue weighted by Crippen LogP contribution is -2.32. The Morgan fingerprint density at radius 1 is 1.38 bits per heavy atom. The number of Topliss-reactive ketones (excluding diaryl/α,β-unsaturated/α-hetero) is 1. The minimum Gasteiger partial charge on any atom is -0.481 e. The van der Waals surface area contributed by atoms with Gasteiger partial charge < -0.3 is 14.6 Å². The van der Waals surface area contributed by atoms with Crippen LogP contribution >= 0.6 is 0 Å². The lowest BCUT2D eigenvalue weighted by atomic mass is 10.2. The summed E-state index contributed by atoms with van der Waals surface area (Å²) in [6, 6.07) is 0. The smallest absolute Gasteiger partial charge is 0.335 e. The number of hydrogen-bond acceptors (Lipinski definition) is 5. The fourth-order valence-corrected chi connectivity index (χ4v) is 0.759. The molecule has 0 aromatic carbocycles. The molecule has 1 N–H and O–H groups in total. The van der Waals surface area contributed by atoms with Crippen LogP contribution in [0.5, 0.6) is 0 Å². The second-order valence-electron chi connectivity index (χ2n) is 3.01. The molecule has 6 nitrogen and oxygen atoms in total. The summed E-state index contributed by atoms with van der Waals surface area (Å²) in [6.07, 6.45) is -2.59. The van der Waals surface area contributed by atoms with Crippen molar-refractivity contribution in [3.8, 4) is 0 Å². The minimum atomic E-state index is -1.24. The molecule has 0 aromatic rings. The molecule has 0 aliphatic carbocycles. The van der Waals surface area contributed by atoms with Crippen molar-refractivity contribution in [1.82, 2.24) is 0 Å². The summed E-state index contributed by atoms with van der Waals surface area (Å²) in [5, 5.41) is 8.47. The van der Waals surface area contributed by atoms with Crippen molar-refractivity contribution < 1.29 is 30.4 Å². The summed E-state index contributed by atoms with van der Waals surface area (Å²) >= 11 is 0. The molecule has 0 amide bonds. The topological polar surface area (TPSA) is 89.9 Å². The van der Waals surface area contributed by atoms with E-state index in [0.29, 0.717) is 0 Å². The molecular weight excluding hydrogens is 216 g/mol. The molecule has 16 heavy (non-hydrogen) atoms. The van der Waals surface area contributed by atoms with Crippen molar-refractivity contribution in [2.75, 3.05) is 7.11 Å². The maximum Gasteiger partial charge on any atom is 0.335 e. The van der Waals surface area contributed by atoms with Crippen molar-refractivity contribution in [2.45, 2.75) is 39.9 Å². The van der Waals surface area contributed by atoms with Crippen molar-refractivity contribution in [3.05, 3.63) is 0 Å². The first-order valence-electron chi connectivity index (χ1n) is 4.34. The third kappa shape index (κ3) is 6.13. The van der Waals surface area contributed by atoms with Crippen molar-refractivity contribution >= 4 is 17.7 Å². The maximum absolute atomic E-state index is 11.2. The number of carboxylic acids is 1. The van der Waals surface area contributed by atoms with Gasteiger partial charge in [-0.1, -0.05) is 7.43 Å². The molecule has 2 atom stereocenters. The SMILES string of the molecule is C.COC(C)C(=O)OC(CC(=O)O)C(C)=O.[2HH]. The van der Waals surface area contributed by atoms with Crippen LogP contribution in [0.1, 0.15) is 29.1 Å². The normalized spacial score (nSPS) is 13.2. The Bertz CT molecular complexity index is 266. The Morgan fingerprint density at radius 2 is 1.88 bits per heavy atom. The molecule has 96 valence electrons. The van der Waals surface area contributed by atoms with Gasteiger partial charge in [0.15, 0.2) is 18.0 Å². The molecule has 0 rings (SSSR count). The Hall–Kier alpha value is -1.43. The van der Waals surface area contributed by atoms with E-state index in [1.807, 2.05) is 0 Å². The van der Waals surface area contributed by atoms with Gasteiger partial charge in [0.25, 0.3) is 0 Å². The van der Waals surface area contributed by atoms with E-state index < -0.39 is 36.4 Å². The van der Waals surface area contributed by atoms with Crippen molar-refractivity contribution in [2.24, 2.45) is 0 Å². The van der Waals surface area contributed by atoms with Crippen LogP contribution in [0.2, 0.25) is 0 Å². The van der Waals surface area contributed by atoms with Gasteiger partial charge in [0, 0.05) is 8.54 Å². The maximum atomic E-state index is 11.2. The van der Waals surface area contributed by atoms with Crippen LogP contribution in [0.25, 0.3) is 0 Å². The lowest BCUT2D eigenvalue weighted by Gasteiger charge is -2.15. The highest BCUT2D eigenvalue weighted by Crippen LogP contribution is 2.04. The van der Waals surface area contributed by atoms with Gasteiger partial charge in [0.1, 0.15) is 0 Å². The number of hydrogen-bond donors (Lipinski definition) is 1. The molecule has 0 heterocycles. The van der Waals surface area contributed by atoms with Gasteiger partial charge in [0.2, 0.25) is 0 Å². The van der Waals surface area contributed by atoms with E-state index in [1.54, 1.807) is 0 Å². The summed E-state index contributed by atoms with van der Waals surface area (Å²) in [5.41, 5.74) is 0. The monoisotopic (exact) mass is 237 g/mol. The number of carbonyl (C=O) groups excluding carboxylic acids is 2. The molecule has 0 saturated heterocycles. The fourth-order valence-electron chi connectivity index (χ4n) is 0.759. The first kappa shape index (κ1) is 17.0. The zero-order chi connectivity index (χ0) is 12.0. The van der Waals surface area contributed by atoms with Gasteiger partial charge >= 0.3 is 11.9 Å². The number of aliphatic carboxylic acids is 1. The second-order valence-corrected chi connectivity index (χ2v) is 3.01. The molecule has 0 aliphatic heterocycles. The molecule has 0 fully saturated rings. The van der Waals surface area contributed by atoms with Crippen LogP contribution in [-0.4, -0.2) is 42.1 Å². The summed E-state index contributed by atoms with van der Waals surface area (Å²) in [7, 11) is 1.31. The highest BCUT2D eigenvalue weighted by atomic mass is 16.6. The molecule has 0 bridgehead atoms. The first-order valence-corrected chi connectivity index (χ1v) is 4.34. The average molecular weight is 237 g/mol. The van der Waals surface area contributed by atoms with Gasteiger partial charge in [-0.05, 0) is 13.8 Å². The van der Waals surface area contributed by atoms with E-state index in [0.717, 1.165) is 0 Å². The molecule has 6 heteroatoms.